The van der Waals surface area contributed by atoms with Crippen molar-refractivity contribution in [3.05, 3.63) is 0 Å². The summed E-state index contributed by atoms with van der Waals surface area (Å²) in [5.74, 6) is 2.91. The lowest BCUT2D eigenvalue weighted by molar-refractivity contribution is 0.178. The molecule has 0 radical (unpaired) electrons. The van der Waals surface area contributed by atoms with Crippen LogP contribution in [0.25, 0.3) is 0 Å². The maximum atomic E-state index is 8.61. The van der Waals surface area contributed by atoms with E-state index in [1.807, 2.05) is 11.8 Å². The molecule has 2 atom stereocenters. The second kappa shape index (κ2) is 8.39. The van der Waals surface area contributed by atoms with Gasteiger partial charge < -0.3 is 15.2 Å². The third-order valence-corrected chi connectivity index (χ3v) is 3.90. The van der Waals surface area contributed by atoms with Gasteiger partial charge in [-0.1, -0.05) is 0 Å². The molecule has 0 saturated carbocycles. The molecule has 0 bridgehead atoms. The van der Waals surface area contributed by atoms with Crippen molar-refractivity contribution in [3.63, 3.8) is 0 Å². The minimum absolute atomic E-state index is 0.316. The summed E-state index contributed by atoms with van der Waals surface area (Å²) in [6.45, 7) is 5.48. The molecule has 1 fully saturated rings. The highest BCUT2D eigenvalue weighted by molar-refractivity contribution is 7.99. The van der Waals surface area contributed by atoms with Gasteiger partial charge in [-0.05, 0) is 31.4 Å². The van der Waals surface area contributed by atoms with Crippen LogP contribution in [0.3, 0.4) is 0 Å². The minimum Gasteiger partial charge on any atom is -0.396 e. The number of hydrogen-bond donors (Lipinski definition) is 2. The van der Waals surface area contributed by atoms with Crippen LogP contribution in [0.4, 0.5) is 0 Å². The largest absolute Gasteiger partial charge is 0.396 e. The predicted molar refractivity (Wildman–Crippen MR) is 65.4 cm³/mol. The first-order chi connectivity index (χ1) is 7.34. The summed E-state index contributed by atoms with van der Waals surface area (Å²) < 4.78 is 5.36. The van der Waals surface area contributed by atoms with E-state index in [2.05, 4.69) is 12.2 Å². The molecule has 1 saturated heterocycles. The van der Waals surface area contributed by atoms with Crippen LogP contribution >= 0.6 is 11.8 Å². The lowest BCUT2D eigenvalue weighted by atomic mass is 10.0. The monoisotopic (exact) mass is 233 g/mol. The SMILES string of the molecule is CC(NCCSCCCO)C1CCOC1. The number of rotatable bonds is 8. The van der Waals surface area contributed by atoms with E-state index in [0.717, 1.165) is 37.7 Å². The molecule has 0 aromatic heterocycles. The fraction of sp³-hybridized carbons (Fsp3) is 1.00. The predicted octanol–water partition coefficient (Wildman–Crippen LogP) is 1.12. The number of aliphatic hydroxyl groups is 1. The second-order valence-electron chi connectivity index (χ2n) is 4.06. The lowest BCUT2D eigenvalue weighted by Gasteiger charge is -2.18. The molecule has 1 heterocycles. The zero-order chi connectivity index (χ0) is 10.9. The van der Waals surface area contributed by atoms with Crippen LogP contribution in [0.5, 0.6) is 0 Å². The first-order valence-corrected chi connectivity index (χ1v) is 7.00. The first kappa shape index (κ1) is 13.3. The Morgan fingerprint density at radius 3 is 3.07 bits per heavy atom. The van der Waals surface area contributed by atoms with Crippen molar-refractivity contribution in [2.24, 2.45) is 5.92 Å². The second-order valence-corrected chi connectivity index (χ2v) is 5.28. The Balaban J connectivity index is 1.90. The summed E-state index contributed by atoms with van der Waals surface area (Å²) in [6.07, 6.45) is 2.11. The Bertz CT molecular complexity index is 152. The van der Waals surface area contributed by atoms with Crippen molar-refractivity contribution in [2.75, 3.05) is 37.9 Å². The maximum Gasteiger partial charge on any atom is 0.0509 e. The molecule has 0 aromatic rings. The van der Waals surface area contributed by atoms with Gasteiger partial charge >= 0.3 is 0 Å². The molecule has 4 heteroatoms. The number of thioether (sulfide) groups is 1. The molecule has 3 nitrogen and oxygen atoms in total. The highest BCUT2D eigenvalue weighted by Crippen LogP contribution is 2.16. The standard InChI is InChI=1S/C11H23NO2S/c1-10(11-3-6-14-9-11)12-4-8-15-7-2-5-13/h10-13H,2-9H2,1H3. The Hall–Kier alpha value is 0.230. The van der Waals surface area contributed by atoms with Gasteiger partial charge in [0.15, 0.2) is 0 Å². The summed E-state index contributed by atoms with van der Waals surface area (Å²) in [5.41, 5.74) is 0. The van der Waals surface area contributed by atoms with Gasteiger partial charge in [0.25, 0.3) is 0 Å². The summed E-state index contributed by atoms with van der Waals surface area (Å²) in [4.78, 5) is 0. The molecule has 1 aliphatic heterocycles. The van der Waals surface area contributed by atoms with E-state index in [9.17, 15) is 0 Å². The Kier molecular flexibility index (Phi) is 7.44. The summed E-state index contributed by atoms with van der Waals surface area (Å²) in [6, 6.07) is 0.575. The lowest BCUT2D eigenvalue weighted by Crippen LogP contribution is -2.35. The van der Waals surface area contributed by atoms with E-state index < -0.39 is 0 Å². The smallest absolute Gasteiger partial charge is 0.0509 e. The Morgan fingerprint density at radius 1 is 1.53 bits per heavy atom. The van der Waals surface area contributed by atoms with Gasteiger partial charge in [0, 0.05) is 31.6 Å². The molecule has 0 aromatic carbocycles. The van der Waals surface area contributed by atoms with Gasteiger partial charge in [0.1, 0.15) is 0 Å². The van der Waals surface area contributed by atoms with E-state index in [4.69, 9.17) is 9.84 Å². The summed E-state index contributed by atoms with van der Waals surface area (Å²) >= 11 is 1.91. The third-order valence-electron chi connectivity index (χ3n) is 2.83. The topological polar surface area (TPSA) is 41.5 Å². The van der Waals surface area contributed by atoms with Crippen molar-refractivity contribution in [1.82, 2.24) is 5.32 Å². The first-order valence-electron chi connectivity index (χ1n) is 5.84. The van der Waals surface area contributed by atoms with Gasteiger partial charge in [0.05, 0.1) is 6.61 Å². The van der Waals surface area contributed by atoms with Crippen LogP contribution in [-0.2, 0) is 4.74 Å². The number of aliphatic hydroxyl groups excluding tert-OH is 1. The zero-order valence-electron chi connectivity index (χ0n) is 9.58. The Morgan fingerprint density at radius 2 is 2.40 bits per heavy atom. The van der Waals surface area contributed by atoms with Gasteiger partial charge in [-0.15, -0.1) is 0 Å². The number of ether oxygens (including phenoxy) is 1. The van der Waals surface area contributed by atoms with E-state index >= 15 is 0 Å². The van der Waals surface area contributed by atoms with Crippen LogP contribution < -0.4 is 5.32 Å². The fourth-order valence-corrected chi connectivity index (χ4v) is 2.54. The molecule has 0 aliphatic carbocycles. The number of hydrogen-bond acceptors (Lipinski definition) is 4. The van der Waals surface area contributed by atoms with Crippen LogP contribution in [0.2, 0.25) is 0 Å². The fourth-order valence-electron chi connectivity index (χ4n) is 1.74. The molecular weight excluding hydrogens is 210 g/mol. The molecule has 90 valence electrons. The van der Waals surface area contributed by atoms with Crippen LogP contribution in [0.15, 0.2) is 0 Å². The molecular formula is C11H23NO2S. The molecule has 1 rings (SSSR count). The van der Waals surface area contributed by atoms with Gasteiger partial charge in [-0.3, -0.25) is 0 Å². The molecule has 2 N–H and O–H groups in total. The number of nitrogens with one attached hydrogen (secondary N) is 1. The molecule has 0 amide bonds. The Labute approximate surface area is 97.0 Å². The van der Waals surface area contributed by atoms with Crippen molar-refractivity contribution >= 4 is 11.8 Å². The molecule has 15 heavy (non-hydrogen) atoms. The van der Waals surface area contributed by atoms with Crippen molar-refractivity contribution in [1.29, 1.82) is 0 Å². The van der Waals surface area contributed by atoms with Crippen LogP contribution in [0.1, 0.15) is 19.8 Å². The molecule has 1 aliphatic rings. The normalized spacial score (nSPS) is 23.2. The summed E-state index contributed by atoms with van der Waals surface area (Å²) in [5, 5.41) is 12.1. The molecule has 0 spiro atoms. The van der Waals surface area contributed by atoms with E-state index in [0.29, 0.717) is 18.6 Å². The quantitative estimate of drug-likeness (QED) is 0.616. The highest BCUT2D eigenvalue weighted by atomic mass is 32.2. The molecule has 2 unspecified atom stereocenters. The van der Waals surface area contributed by atoms with Crippen LogP contribution in [-0.4, -0.2) is 49.0 Å². The van der Waals surface area contributed by atoms with E-state index in [-0.39, 0.29) is 0 Å². The third kappa shape index (κ3) is 5.76. The van der Waals surface area contributed by atoms with Crippen LogP contribution in [0, 0.1) is 5.92 Å². The zero-order valence-corrected chi connectivity index (χ0v) is 10.4. The average molecular weight is 233 g/mol. The maximum absolute atomic E-state index is 8.61. The van der Waals surface area contributed by atoms with Crippen molar-refractivity contribution in [3.8, 4) is 0 Å². The van der Waals surface area contributed by atoms with Gasteiger partial charge in [-0.2, -0.15) is 11.8 Å². The summed E-state index contributed by atoms with van der Waals surface area (Å²) in [7, 11) is 0. The minimum atomic E-state index is 0.316. The van der Waals surface area contributed by atoms with Gasteiger partial charge in [-0.25, -0.2) is 0 Å². The van der Waals surface area contributed by atoms with Crippen molar-refractivity contribution in [2.45, 2.75) is 25.8 Å². The van der Waals surface area contributed by atoms with E-state index in [1.165, 1.54) is 6.42 Å². The van der Waals surface area contributed by atoms with E-state index in [1.54, 1.807) is 0 Å². The van der Waals surface area contributed by atoms with Crippen molar-refractivity contribution < 1.29 is 9.84 Å². The van der Waals surface area contributed by atoms with Gasteiger partial charge in [0.2, 0.25) is 0 Å². The highest BCUT2D eigenvalue weighted by Gasteiger charge is 2.21. The average Bonchev–Trinajstić information content (AvgIpc) is 2.76.